The van der Waals surface area contributed by atoms with E-state index >= 15 is 0 Å². The quantitative estimate of drug-likeness (QED) is 0.744. The van der Waals surface area contributed by atoms with Gasteiger partial charge in [-0.05, 0) is 12.1 Å². The van der Waals surface area contributed by atoms with E-state index < -0.39 is 11.9 Å². The topological polar surface area (TPSA) is 74.6 Å². The maximum atomic E-state index is 10.5. The molecule has 0 bridgehead atoms. The first-order chi connectivity index (χ1) is 5.63. The Kier molecular flexibility index (Phi) is 4.20. The molecular weight excluding hydrogens is 233 g/mol. The van der Waals surface area contributed by atoms with Crippen molar-refractivity contribution in [3.05, 3.63) is 35.4 Å². The maximum Gasteiger partial charge on any atom is 0.336 e. The number of benzene rings is 1. The molecule has 1 rings (SSSR count). The molecule has 0 spiro atoms. The van der Waals surface area contributed by atoms with Crippen LogP contribution in [-0.2, 0) is 0 Å². The molecule has 0 unspecified atom stereocenters. The second-order valence-electron chi connectivity index (χ2n) is 2.16. The van der Waals surface area contributed by atoms with Gasteiger partial charge in [-0.3, -0.25) is 0 Å². The fourth-order valence-corrected chi connectivity index (χ4v) is 0.856. The zero-order valence-electron chi connectivity index (χ0n) is 6.52. The van der Waals surface area contributed by atoms with Crippen LogP contribution < -0.4 is 0 Å². The van der Waals surface area contributed by atoms with Crippen molar-refractivity contribution in [3.8, 4) is 0 Å². The largest absolute Gasteiger partial charge is 0.478 e. The number of hydrogen-bond acceptors (Lipinski definition) is 2. The van der Waals surface area contributed by atoms with Gasteiger partial charge in [0.2, 0.25) is 0 Å². The molecule has 0 fully saturated rings. The fraction of sp³-hybridized carbons (Fsp3) is 0. The third kappa shape index (κ3) is 2.59. The van der Waals surface area contributed by atoms with Crippen molar-refractivity contribution in [2.45, 2.75) is 0 Å². The molecule has 5 heteroatoms. The van der Waals surface area contributed by atoms with Crippen LogP contribution in [-0.4, -0.2) is 39.7 Å². The molecule has 4 nitrogen and oxygen atoms in total. The Labute approximate surface area is 85.2 Å². The van der Waals surface area contributed by atoms with Crippen LogP contribution >= 0.6 is 0 Å². The van der Waals surface area contributed by atoms with E-state index in [1.54, 1.807) is 0 Å². The van der Waals surface area contributed by atoms with E-state index in [9.17, 15) is 9.59 Å². The van der Waals surface area contributed by atoms with E-state index in [1.807, 2.05) is 0 Å². The Bertz CT molecular complexity index is 302. The molecular formula is C8H6GeO4. The first-order valence-electron chi connectivity index (χ1n) is 3.18. The summed E-state index contributed by atoms with van der Waals surface area (Å²) in [6, 6.07) is 5.48. The SMILES string of the molecule is O=C(O)c1ccccc1C(=O)O.[Ge]. The van der Waals surface area contributed by atoms with Gasteiger partial charge in [0.25, 0.3) is 0 Å². The third-order valence-corrected chi connectivity index (χ3v) is 1.39. The van der Waals surface area contributed by atoms with Crippen LogP contribution in [0.5, 0.6) is 0 Å². The molecule has 0 atom stereocenters. The van der Waals surface area contributed by atoms with Crippen LogP contribution in [0.25, 0.3) is 0 Å². The van der Waals surface area contributed by atoms with E-state index in [0.29, 0.717) is 0 Å². The molecule has 1 aromatic carbocycles. The second-order valence-corrected chi connectivity index (χ2v) is 2.16. The number of carboxylic acid groups (broad SMARTS) is 2. The molecule has 0 aliphatic carbocycles. The predicted octanol–water partition coefficient (Wildman–Crippen LogP) is 0.702. The van der Waals surface area contributed by atoms with Crippen LogP contribution in [0, 0.1) is 0 Å². The summed E-state index contributed by atoms with van der Waals surface area (Å²) in [6.07, 6.45) is 0. The molecule has 13 heavy (non-hydrogen) atoms. The smallest absolute Gasteiger partial charge is 0.336 e. The molecule has 0 amide bonds. The number of carbonyl (C=O) groups is 2. The molecule has 2 N–H and O–H groups in total. The maximum absolute atomic E-state index is 10.5. The minimum absolute atomic E-state index is 0. The van der Waals surface area contributed by atoms with Gasteiger partial charge in [0.05, 0.1) is 11.1 Å². The van der Waals surface area contributed by atoms with Gasteiger partial charge in [-0.25, -0.2) is 9.59 Å². The Balaban J connectivity index is 0.00000144. The van der Waals surface area contributed by atoms with Crippen LogP contribution in [0.2, 0.25) is 0 Å². The van der Waals surface area contributed by atoms with Crippen LogP contribution in [0.4, 0.5) is 0 Å². The van der Waals surface area contributed by atoms with Crippen LogP contribution in [0.15, 0.2) is 24.3 Å². The normalized spacial score (nSPS) is 8.62. The summed E-state index contributed by atoms with van der Waals surface area (Å²) < 4.78 is 0. The van der Waals surface area contributed by atoms with Crippen LogP contribution in [0.3, 0.4) is 0 Å². The Hall–Kier alpha value is -1.30. The molecule has 4 radical (unpaired) electrons. The van der Waals surface area contributed by atoms with Crippen molar-refractivity contribution in [1.82, 2.24) is 0 Å². The fourth-order valence-electron chi connectivity index (χ4n) is 0.856. The number of hydrogen-bond donors (Lipinski definition) is 2. The monoisotopic (exact) mass is 240 g/mol. The van der Waals surface area contributed by atoms with Gasteiger partial charge < -0.3 is 10.2 Å². The van der Waals surface area contributed by atoms with Crippen molar-refractivity contribution in [1.29, 1.82) is 0 Å². The van der Waals surface area contributed by atoms with Crippen LogP contribution in [0.1, 0.15) is 20.7 Å². The van der Waals surface area contributed by atoms with Crippen molar-refractivity contribution in [2.75, 3.05) is 0 Å². The first-order valence-corrected chi connectivity index (χ1v) is 3.18. The van der Waals surface area contributed by atoms with E-state index in [1.165, 1.54) is 24.3 Å². The minimum atomic E-state index is -1.23. The molecule has 0 saturated carbocycles. The zero-order valence-corrected chi connectivity index (χ0v) is 8.62. The average Bonchev–Trinajstić information content (AvgIpc) is 2.04. The summed E-state index contributed by atoms with van der Waals surface area (Å²) in [5.74, 6) is -2.46. The molecule has 0 heterocycles. The predicted molar refractivity (Wildman–Crippen MR) is 46.1 cm³/mol. The van der Waals surface area contributed by atoms with E-state index in [2.05, 4.69) is 0 Å². The average molecular weight is 239 g/mol. The molecule has 0 saturated heterocycles. The Morgan fingerprint density at radius 1 is 0.923 bits per heavy atom. The third-order valence-electron chi connectivity index (χ3n) is 1.39. The van der Waals surface area contributed by atoms with Crippen molar-refractivity contribution in [2.24, 2.45) is 0 Å². The second kappa shape index (κ2) is 4.66. The molecule has 1 aromatic rings. The van der Waals surface area contributed by atoms with Gasteiger partial charge in [-0.1, -0.05) is 12.1 Å². The van der Waals surface area contributed by atoms with Gasteiger partial charge in [0, 0.05) is 17.6 Å². The molecule has 66 valence electrons. The Morgan fingerprint density at radius 2 is 1.23 bits per heavy atom. The van der Waals surface area contributed by atoms with Gasteiger partial charge >= 0.3 is 11.9 Å². The van der Waals surface area contributed by atoms with E-state index in [4.69, 9.17) is 10.2 Å². The van der Waals surface area contributed by atoms with Gasteiger partial charge in [-0.2, -0.15) is 0 Å². The Morgan fingerprint density at radius 3 is 1.46 bits per heavy atom. The van der Waals surface area contributed by atoms with Crippen molar-refractivity contribution < 1.29 is 19.8 Å². The van der Waals surface area contributed by atoms with E-state index in [0.717, 1.165) is 0 Å². The van der Waals surface area contributed by atoms with E-state index in [-0.39, 0.29) is 28.7 Å². The van der Waals surface area contributed by atoms with Crippen molar-refractivity contribution >= 4 is 29.5 Å². The zero-order chi connectivity index (χ0) is 9.14. The first kappa shape index (κ1) is 11.7. The summed E-state index contributed by atoms with van der Waals surface area (Å²) in [4.78, 5) is 20.9. The summed E-state index contributed by atoms with van der Waals surface area (Å²) in [7, 11) is 0. The summed E-state index contributed by atoms with van der Waals surface area (Å²) in [5.41, 5.74) is -0.380. The number of aromatic carboxylic acids is 2. The van der Waals surface area contributed by atoms with Gasteiger partial charge in [0.15, 0.2) is 0 Å². The number of rotatable bonds is 2. The minimum Gasteiger partial charge on any atom is -0.478 e. The summed E-state index contributed by atoms with van der Waals surface area (Å²) in [5, 5.41) is 17.1. The molecule has 0 aliphatic rings. The number of carboxylic acids is 2. The van der Waals surface area contributed by atoms with Gasteiger partial charge in [-0.15, -0.1) is 0 Å². The van der Waals surface area contributed by atoms with Crippen molar-refractivity contribution in [3.63, 3.8) is 0 Å². The summed E-state index contributed by atoms with van der Waals surface area (Å²) in [6.45, 7) is 0. The molecule has 0 aliphatic heterocycles. The van der Waals surface area contributed by atoms with Gasteiger partial charge in [0.1, 0.15) is 0 Å². The molecule has 0 aromatic heterocycles. The summed E-state index contributed by atoms with van der Waals surface area (Å²) >= 11 is 0. The standard InChI is InChI=1S/C8H6O4.Ge/c9-7(10)5-3-1-2-4-6(5)8(11)12;/h1-4H,(H,9,10)(H,11,12);.